The molecule has 1 N–H and O–H groups in total. The Balaban J connectivity index is 1.99. The molecule has 0 unspecified atom stereocenters. The van der Waals surface area contributed by atoms with Gasteiger partial charge in [0.15, 0.2) is 0 Å². The number of halogens is 1. The molecule has 33 heavy (non-hydrogen) atoms. The first kappa shape index (κ1) is 24.3. The molecule has 3 rings (SSSR count). The van der Waals surface area contributed by atoms with Gasteiger partial charge in [-0.2, -0.15) is 0 Å². The molecule has 0 aliphatic heterocycles. The number of carbonyl (C=O) groups excluding carboxylic acids is 2. The van der Waals surface area contributed by atoms with E-state index < -0.39 is 28.4 Å². The Morgan fingerprint density at radius 2 is 1.61 bits per heavy atom. The van der Waals surface area contributed by atoms with Crippen molar-refractivity contribution in [2.45, 2.75) is 18.7 Å². The molecule has 1 amide bonds. The number of amides is 1. The maximum atomic E-state index is 13.5. The first-order chi connectivity index (χ1) is 15.7. The second-order valence-corrected chi connectivity index (χ2v) is 9.50. The molecule has 0 spiro atoms. The lowest BCUT2D eigenvalue weighted by Gasteiger charge is -2.26. The number of carbonyl (C=O) groups is 2. The molecule has 0 aliphatic rings. The molecule has 0 aliphatic carbocycles. The zero-order valence-electron chi connectivity index (χ0n) is 18.3. The number of rotatable bonds is 7. The van der Waals surface area contributed by atoms with Crippen molar-refractivity contribution < 1.29 is 22.7 Å². The molecule has 0 bridgehead atoms. The number of anilines is 2. The van der Waals surface area contributed by atoms with Crippen LogP contribution in [0.5, 0.6) is 0 Å². The summed E-state index contributed by atoms with van der Waals surface area (Å²) in [7, 11) is -2.81. The monoisotopic (exact) mass is 486 g/mol. The highest BCUT2D eigenvalue weighted by Crippen LogP contribution is 2.31. The third-order valence-corrected chi connectivity index (χ3v) is 7.32. The Bertz CT molecular complexity index is 1290. The van der Waals surface area contributed by atoms with Crippen molar-refractivity contribution >= 4 is 44.9 Å². The van der Waals surface area contributed by atoms with Crippen molar-refractivity contribution in [3.63, 3.8) is 0 Å². The summed E-state index contributed by atoms with van der Waals surface area (Å²) in [6.45, 7) is 2.86. The molecule has 3 aromatic carbocycles. The van der Waals surface area contributed by atoms with Gasteiger partial charge in [-0.05, 0) is 61.4 Å². The van der Waals surface area contributed by atoms with Crippen molar-refractivity contribution in [3.05, 3.63) is 88.4 Å². The zero-order chi connectivity index (χ0) is 24.2. The Morgan fingerprint density at radius 1 is 0.939 bits per heavy atom. The Kier molecular flexibility index (Phi) is 7.40. The molecule has 0 saturated carbocycles. The van der Waals surface area contributed by atoms with Gasteiger partial charge in [-0.15, -0.1) is 0 Å². The summed E-state index contributed by atoms with van der Waals surface area (Å²) in [4.78, 5) is 25.0. The van der Waals surface area contributed by atoms with E-state index in [1.807, 2.05) is 0 Å². The van der Waals surface area contributed by atoms with E-state index in [4.69, 9.17) is 16.3 Å². The standard InChI is InChI=1S/C24H23ClN2O5S/c1-16-19(24(29)32-3)11-7-13-21(16)26-23(28)15-27(22-14-8-12-20(25)17(22)2)33(30,31)18-9-5-4-6-10-18/h4-14H,15H2,1-3H3,(H,26,28). The maximum absolute atomic E-state index is 13.5. The normalized spacial score (nSPS) is 11.0. The van der Waals surface area contributed by atoms with Gasteiger partial charge >= 0.3 is 5.97 Å². The Hall–Kier alpha value is -3.36. The predicted molar refractivity (Wildman–Crippen MR) is 128 cm³/mol. The van der Waals surface area contributed by atoms with E-state index in [-0.39, 0.29) is 4.90 Å². The molecular formula is C24H23ClN2O5S. The SMILES string of the molecule is COC(=O)c1cccc(NC(=O)CN(c2cccc(Cl)c2C)S(=O)(=O)c2ccccc2)c1C. The van der Waals surface area contributed by atoms with Gasteiger partial charge in [0.1, 0.15) is 6.54 Å². The lowest BCUT2D eigenvalue weighted by molar-refractivity contribution is -0.114. The van der Waals surface area contributed by atoms with Crippen molar-refractivity contribution in [3.8, 4) is 0 Å². The predicted octanol–water partition coefficient (Wildman–Crippen LogP) is 4.58. The molecule has 0 heterocycles. The largest absolute Gasteiger partial charge is 0.465 e. The van der Waals surface area contributed by atoms with Crippen LogP contribution in [-0.2, 0) is 19.6 Å². The Labute approximate surface area is 198 Å². The molecule has 0 radical (unpaired) electrons. The van der Waals surface area contributed by atoms with E-state index in [9.17, 15) is 18.0 Å². The molecule has 172 valence electrons. The third-order valence-electron chi connectivity index (χ3n) is 5.14. The summed E-state index contributed by atoms with van der Waals surface area (Å²) in [5, 5.41) is 3.08. The minimum absolute atomic E-state index is 0.0426. The minimum Gasteiger partial charge on any atom is -0.465 e. The van der Waals surface area contributed by atoms with Gasteiger partial charge in [0.2, 0.25) is 5.91 Å². The van der Waals surface area contributed by atoms with Crippen molar-refractivity contribution in [2.24, 2.45) is 0 Å². The van der Waals surface area contributed by atoms with Crippen LogP contribution in [0.2, 0.25) is 5.02 Å². The van der Waals surface area contributed by atoms with E-state index in [1.54, 1.807) is 68.4 Å². The molecular weight excluding hydrogens is 464 g/mol. The average Bonchev–Trinajstić information content (AvgIpc) is 2.81. The highest BCUT2D eigenvalue weighted by molar-refractivity contribution is 7.92. The van der Waals surface area contributed by atoms with Crippen LogP contribution in [0.4, 0.5) is 11.4 Å². The molecule has 7 nitrogen and oxygen atoms in total. The van der Waals surface area contributed by atoms with Crippen LogP contribution in [0.15, 0.2) is 71.6 Å². The molecule has 0 saturated heterocycles. The topological polar surface area (TPSA) is 92.8 Å². The fraction of sp³-hybridized carbons (Fsp3) is 0.167. The molecule has 9 heteroatoms. The smallest absolute Gasteiger partial charge is 0.338 e. The number of nitrogens with zero attached hydrogens (tertiary/aromatic N) is 1. The first-order valence-corrected chi connectivity index (χ1v) is 11.8. The first-order valence-electron chi connectivity index (χ1n) is 9.97. The fourth-order valence-electron chi connectivity index (χ4n) is 3.31. The lowest BCUT2D eigenvalue weighted by atomic mass is 10.1. The van der Waals surface area contributed by atoms with Crippen LogP contribution in [0.3, 0.4) is 0 Å². The van der Waals surface area contributed by atoms with E-state index in [2.05, 4.69) is 5.32 Å². The zero-order valence-corrected chi connectivity index (χ0v) is 19.9. The second-order valence-electron chi connectivity index (χ2n) is 7.23. The van der Waals surface area contributed by atoms with Gasteiger partial charge in [-0.3, -0.25) is 9.10 Å². The van der Waals surface area contributed by atoms with Crippen LogP contribution in [0, 0.1) is 13.8 Å². The van der Waals surface area contributed by atoms with Crippen LogP contribution in [-0.4, -0.2) is 33.9 Å². The molecule has 3 aromatic rings. The van der Waals surface area contributed by atoms with Gasteiger partial charge < -0.3 is 10.1 Å². The fourth-order valence-corrected chi connectivity index (χ4v) is 4.98. The Morgan fingerprint density at radius 3 is 2.27 bits per heavy atom. The summed E-state index contributed by atoms with van der Waals surface area (Å²) in [6.07, 6.45) is 0. The van der Waals surface area contributed by atoms with Gasteiger partial charge in [-0.25, -0.2) is 13.2 Å². The summed E-state index contributed by atoms with van der Waals surface area (Å²) < 4.78 is 32.7. The van der Waals surface area contributed by atoms with E-state index in [0.29, 0.717) is 33.1 Å². The van der Waals surface area contributed by atoms with Crippen LogP contribution < -0.4 is 9.62 Å². The molecule has 0 fully saturated rings. The van der Waals surface area contributed by atoms with E-state index in [1.165, 1.54) is 19.2 Å². The highest BCUT2D eigenvalue weighted by atomic mass is 35.5. The van der Waals surface area contributed by atoms with Crippen molar-refractivity contribution in [1.82, 2.24) is 0 Å². The van der Waals surface area contributed by atoms with Crippen LogP contribution >= 0.6 is 11.6 Å². The maximum Gasteiger partial charge on any atom is 0.338 e. The quantitative estimate of drug-likeness (QED) is 0.493. The highest BCUT2D eigenvalue weighted by Gasteiger charge is 2.29. The number of hydrogen-bond donors (Lipinski definition) is 1. The van der Waals surface area contributed by atoms with Crippen molar-refractivity contribution in [2.75, 3.05) is 23.3 Å². The number of benzene rings is 3. The summed E-state index contributed by atoms with van der Waals surface area (Å²) in [5.74, 6) is -1.12. The lowest BCUT2D eigenvalue weighted by Crippen LogP contribution is -2.38. The second kappa shape index (κ2) is 10.1. The van der Waals surface area contributed by atoms with Gasteiger partial charge in [0, 0.05) is 10.7 Å². The number of sulfonamides is 1. The number of ether oxygens (including phenoxy) is 1. The summed E-state index contributed by atoms with van der Waals surface area (Å²) in [5.41, 5.74) is 2.00. The number of nitrogens with one attached hydrogen (secondary N) is 1. The van der Waals surface area contributed by atoms with E-state index in [0.717, 1.165) is 4.31 Å². The average molecular weight is 487 g/mol. The van der Waals surface area contributed by atoms with Gasteiger partial charge in [0.05, 0.1) is 23.3 Å². The van der Waals surface area contributed by atoms with Crippen LogP contribution in [0.1, 0.15) is 21.5 Å². The molecule has 0 atom stereocenters. The number of esters is 1. The molecule has 0 aromatic heterocycles. The number of methoxy groups -OCH3 is 1. The minimum atomic E-state index is -4.08. The third kappa shape index (κ3) is 5.18. The van der Waals surface area contributed by atoms with Gasteiger partial charge in [0.25, 0.3) is 10.0 Å². The summed E-state index contributed by atoms with van der Waals surface area (Å²) in [6, 6.07) is 17.5. The summed E-state index contributed by atoms with van der Waals surface area (Å²) >= 11 is 6.24. The number of hydrogen-bond acceptors (Lipinski definition) is 5. The van der Waals surface area contributed by atoms with E-state index >= 15 is 0 Å². The van der Waals surface area contributed by atoms with Crippen LogP contribution in [0.25, 0.3) is 0 Å². The van der Waals surface area contributed by atoms with Crippen molar-refractivity contribution in [1.29, 1.82) is 0 Å². The van der Waals surface area contributed by atoms with Gasteiger partial charge in [-0.1, -0.05) is 41.9 Å².